The lowest BCUT2D eigenvalue weighted by molar-refractivity contribution is 0.0950. The number of unbranched alkanes of at least 4 members (excludes halogenated alkanes) is 5. The van der Waals surface area contributed by atoms with Gasteiger partial charge in [0, 0.05) is 24.3 Å². The summed E-state index contributed by atoms with van der Waals surface area (Å²) >= 11 is 0. The summed E-state index contributed by atoms with van der Waals surface area (Å²) in [7, 11) is 0. The number of carbonyl (C=O) groups is 1. The lowest BCUT2D eigenvalue weighted by Gasteiger charge is -2.20. The zero-order valence-corrected chi connectivity index (χ0v) is 21.8. The predicted molar refractivity (Wildman–Crippen MR) is 148 cm³/mol. The summed E-state index contributed by atoms with van der Waals surface area (Å²) in [4.78, 5) is 14.7. The van der Waals surface area contributed by atoms with Gasteiger partial charge in [0.15, 0.2) is 0 Å². The van der Waals surface area contributed by atoms with Crippen LogP contribution in [0.25, 0.3) is 11.3 Å². The number of aromatic amines is 1. The zero-order valence-electron chi connectivity index (χ0n) is 21.8. The fourth-order valence-corrected chi connectivity index (χ4v) is 3.97. The number of anilines is 1. The molecule has 0 bridgehead atoms. The van der Waals surface area contributed by atoms with Crippen LogP contribution < -0.4 is 15.1 Å². The molecule has 0 atom stereocenters. The lowest BCUT2D eigenvalue weighted by Crippen LogP contribution is -2.21. The number of hydrazone groups is 1. The molecular formula is C29H39N5O2. The van der Waals surface area contributed by atoms with Gasteiger partial charge in [-0.15, -0.1) is 0 Å². The summed E-state index contributed by atoms with van der Waals surface area (Å²) in [6.07, 6.45) is 9.10. The summed E-state index contributed by atoms with van der Waals surface area (Å²) < 4.78 is 5.85. The number of H-pyrrole nitrogens is 1. The molecule has 1 heterocycles. The second-order valence-corrected chi connectivity index (χ2v) is 8.77. The summed E-state index contributed by atoms with van der Waals surface area (Å²) in [5.74, 6) is 0.504. The molecule has 36 heavy (non-hydrogen) atoms. The smallest absolute Gasteiger partial charge is 0.289 e. The number of ether oxygens (including phenoxy) is 1. The molecule has 0 saturated carbocycles. The van der Waals surface area contributed by atoms with E-state index in [4.69, 9.17) is 4.74 Å². The summed E-state index contributed by atoms with van der Waals surface area (Å²) in [5.41, 5.74) is 6.59. The van der Waals surface area contributed by atoms with Crippen molar-refractivity contribution in [1.82, 2.24) is 15.6 Å². The van der Waals surface area contributed by atoms with Crippen LogP contribution in [0.15, 0.2) is 59.7 Å². The highest BCUT2D eigenvalue weighted by molar-refractivity contribution is 5.94. The average Bonchev–Trinajstić information content (AvgIpc) is 3.41. The fraction of sp³-hybridized carbons (Fsp3) is 0.414. The van der Waals surface area contributed by atoms with E-state index in [1.807, 2.05) is 36.4 Å². The Morgan fingerprint density at radius 3 is 2.36 bits per heavy atom. The molecule has 2 N–H and O–H groups in total. The molecule has 0 fully saturated rings. The Kier molecular flexibility index (Phi) is 11.0. The first-order chi connectivity index (χ1) is 17.6. The van der Waals surface area contributed by atoms with E-state index in [2.05, 4.69) is 58.5 Å². The standard InChI is InChI=1S/C29H39N5O2/c1-4-7-8-9-10-11-20-36-26-18-14-24(15-19-26)27-21-28(32-31-27)29(35)33-30-22-23-12-16-25(17-13-23)34(5-2)6-3/h12-19,21-22H,4-11,20H2,1-3H3,(H,31,32)(H,33,35)/b30-22+. The van der Waals surface area contributed by atoms with Crippen LogP contribution in [-0.2, 0) is 0 Å². The number of nitrogens with one attached hydrogen (secondary N) is 2. The Morgan fingerprint density at radius 1 is 0.972 bits per heavy atom. The van der Waals surface area contributed by atoms with Crippen molar-refractivity contribution < 1.29 is 9.53 Å². The first-order valence-electron chi connectivity index (χ1n) is 13.1. The van der Waals surface area contributed by atoms with Crippen molar-refractivity contribution >= 4 is 17.8 Å². The Labute approximate surface area is 215 Å². The molecular weight excluding hydrogens is 450 g/mol. The lowest BCUT2D eigenvalue weighted by atomic mass is 10.1. The molecule has 7 nitrogen and oxygen atoms in total. The first kappa shape index (κ1) is 27.0. The third-order valence-corrected chi connectivity index (χ3v) is 6.14. The van der Waals surface area contributed by atoms with E-state index in [9.17, 15) is 4.79 Å². The number of amides is 1. The number of hydrogen-bond donors (Lipinski definition) is 2. The topological polar surface area (TPSA) is 82.6 Å². The maximum Gasteiger partial charge on any atom is 0.289 e. The van der Waals surface area contributed by atoms with E-state index >= 15 is 0 Å². The first-order valence-corrected chi connectivity index (χ1v) is 13.1. The Hall–Kier alpha value is -3.61. The van der Waals surface area contributed by atoms with Crippen LogP contribution in [0.4, 0.5) is 5.69 Å². The number of rotatable bonds is 15. The summed E-state index contributed by atoms with van der Waals surface area (Å²) in [6, 6.07) is 17.6. The van der Waals surface area contributed by atoms with E-state index < -0.39 is 0 Å². The molecule has 192 valence electrons. The molecule has 3 rings (SSSR count). The van der Waals surface area contributed by atoms with Gasteiger partial charge in [0.2, 0.25) is 0 Å². The van der Waals surface area contributed by atoms with E-state index in [-0.39, 0.29) is 5.91 Å². The van der Waals surface area contributed by atoms with Crippen molar-refractivity contribution in [3.63, 3.8) is 0 Å². The van der Waals surface area contributed by atoms with Crippen LogP contribution in [0.5, 0.6) is 5.75 Å². The highest BCUT2D eigenvalue weighted by Crippen LogP contribution is 2.22. The Balaban J connectivity index is 1.46. The highest BCUT2D eigenvalue weighted by atomic mass is 16.5. The quantitative estimate of drug-likeness (QED) is 0.146. The highest BCUT2D eigenvalue weighted by Gasteiger charge is 2.10. The number of carbonyl (C=O) groups excluding carboxylic acids is 1. The SMILES string of the molecule is CCCCCCCCOc1ccc(-c2cc(C(=O)N/N=C/c3ccc(N(CC)CC)cc3)[nH]n2)cc1. The van der Waals surface area contributed by atoms with Crippen molar-refractivity contribution in [2.24, 2.45) is 5.10 Å². The van der Waals surface area contributed by atoms with Crippen molar-refractivity contribution in [3.8, 4) is 17.0 Å². The second kappa shape index (κ2) is 14.7. The zero-order chi connectivity index (χ0) is 25.6. The number of benzene rings is 2. The Morgan fingerprint density at radius 2 is 1.67 bits per heavy atom. The molecule has 0 aliphatic heterocycles. The van der Waals surface area contributed by atoms with Crippen molar-refractivity contribution in [2.45, 2.75) is 59.3 Å². The van der Waals surface area contributed by atoms with Gasteiger partial charge < -0.3 is 9.64 Å². The maximum atomic E-state index is 12.5. The van der Waals surface area contributed by atoms with Crippen LogP contribution in [-0.4, -0.2) is 42.0 Å². The molecule has 0 aliphatic carbocycles. The van der Waals surface area contributed by atoms with E-state index in [0.29, 0.717) is 11.4 Å². The number of nitrogens with zero attached hydrogens (tertiary/aromatic N) is 3. The largest absolute Gasteiger partial charge is 0.494 e. The molecule has 7 heteroatoms. The molecule has 0 saturated heterocycles. The fourth-order valence-electron chi connectivity index (χ4n) is 3.97. The van der Waals surface area contributed by atoms with Gasteiger partial charge in [-0.25, -0.2) is 5.43 Å². The number of hydrogen-bond acceptors (Lipinski definition) is 5. The average molecular weight is 490 g/mol. The van der Waals surface area contributed by atoms with Crippen molar-refractivity contribution in [3.05, 3.63) is 65.9 Å². The minimum atomic E-state index is -0.344. The van der Waals surface area contributed by atoms with Gasteiger partial charge in [-0.3, -0.25) is 9.89 Å². The predicted octanol–water partition coefficient (Wildman–Crippen LogP) is 6.43. The molecule has 1 aromatic heterocycles. The molecule has 0 radical (unpaired) electrons. The second-order valence-electron chi connectivity index (χ2n) is 8.77. The van der Waals surface area contributed by atoms with Crippen LogP contribution in [0.3, 0.4) is 0 Å². The van der Waals surface area contributed by atoms with Gasteiger partial charge in [-0.2, -0.15) is 10.2 Å². The summed E-state index contributed by atoms with van der Waals surface area (Å²) in [6.45, 7) is 9.16. The molecule has 3 aromatic rings. The van der Waals surface area contributed by atoms with Gasteiger partial charge >= 0.3 is 0 Å². The Bertz CT molecular complexity index is 1070. The minimum Gasteiger partial charge on any atom is -0.494 e. The van der Waals surface area contributed by atoms with Gasteiger partial charge in [-0.1, -0.05) is 51.2 Å². The van der Waals surface area contributed by atoms with Crippen LogP contribution >= 0.6 is 0 Å². The molecule has 0 spiro atoms. The van der Waals surface area contributed by atoms with Crippen LogP contribution in [0, 0.1) is 0 Å². The molecule has 1 amide bonds. The third kappa shape index (κ3) is 8.26. The van der Waals surface area contributed by atoms with E-state index in [0.717, 1.165) is 43.0 Å². The van der Waals surface area contributed by atoms with Crippen molar-refractivity contribution in [1.29, 1.82) is 0 Å². The molecule has 2 aromatic carbocycles. The molecule has 0 unspecified atom stereocenters. The van der Waals surface area contributed by atoms with Gasteiger partial charge in [-0.05, 0) is 68.3 Å². The molecule has 0 aliphatic rings. The van der Waals surface area contributed by atoms with Crippen LogP contribution in [0.1, 0.15) is 75.3 Å². The van der Waals surface area contributed by atoms with Gasteiger partial charge in [0.25, 0.3) is 5.91 Å². The number of aromatic nitrogens is 2. The maximum absolute atomic E-state index is 12.5. The minimum absolute atomic E-state index is 0.344. The third-order valence-electron chi connectivity index (χ3n) is 6.14. The van der Waals surface area contributed by atoms with E-state index in [1.54, 1.807) is 12.3 Å². The van der Waals surface area contributed by atoms with Gasteiger partial charge in [0.1, 0.15) is 11.4 Å². The van der Waals surface area contributed by atoms with Crippen LogP contribution in [0.2, 0.25) is 0 Å². The normalized spacial score (nSPS) is 11.1. The van der Waals surface area contributed by atoms with E-state index in [1.165, 1.54) is 37.8 Å². The monoisotopic (exact) mass is 489 g/mol. The summed E-state index contributed by atoms with van der Waals surface area (Å²) in [5, 5.41) is 11.1. The van der Waals surface area contributed by atoms with Crippen molar-refractivity contribution in [2.75, 3.05) is 24.6 Å². The van der Waals surface area contributed by atoms with Gasteiger partial charge in [0.05, 0.1) is 18.5 Å².